The summed E-state index contributed by atoms with van der Waals surface area (Å²) < 4.78 is 13.6. The summed E-state index contributed by atoms with van der Waals surface area (Å²) in [5, 5.41) is 15.8. The molecule has 1 heterocycles. The Morgan fingerprint density at radius 3 is 2.93 bits per heavy atom. The summed E-state index contributed by atoms with van der Waals surface area (Å²) >= 11 is 3.07. The maximum atomic E-state index is 13.4. The number of hydrogen-bond acceptors (Lipinski definition) is 2. The van der Waals surface area contributed by atoms with Crippen molar-refractivity contribution in [1.82, 2.24) is 10.2 Å². The SMILES string of the molecule is Cc1[nH]nc2c(C(=O)O)cc(F)c(Br)c12. The van der Waals surface area contributed by atoms with Gasteiger partial charge in [-0.3, -0.25) is 5.10 Å². The van der Waals surface area contributed by atoms with Crippen molar-refractivity contribution in [3.63, 3.8) is 0 Å². The number of fused-ring (bicyclic) bond motifs is 1. The van der Waals surface area contributed by atoms with E-state index in [9.17, 15) is 9.18 Å². The molecule has 0 atom stereocenters. The molecular weight excluding hydrogens is 267 g/mol. The van der Waals surface area contributed by atoms with Gasteiger partial charge in [0.2, 0.25) is 0 Å². The number of H-pyrrole nitrogens is 1. The third-order valence-electron chi connectivity index (χ3n) is 2.13. The van der Waals surface area contributed by atoms with E-state index in [4.69, 9.17) is 5.11 Å². The van der Waals surface area contributed by atoms with Gasteiger partial charge in [-0.15, -0.1) is 0 Å². The van der Waals surface area contributed by atoms with E-state index in [1.807, 2.05) is 0 Å². The van der Waals surface area contributed by atoms with Crippen molar-refractivity contribution in [3.05, 3.63) is 27.6 Å². The molecular formula is C9H6BrFN2O2. The van der Waals surface area contributed by atoms with Crippen LogP contribution in [-0.4, -0.2) is 21.3 Å². The number of carboxylic acid groups (broad SMARTS) is 1. The smallest absolute Gasteiger partial charge is 0.338 e. The predicted molar refractivity (Wildman–Crippen MR) is 55.4 cm³/mol. The molecule has 6 heteroatoms. The van der Waals surface area contributed by atoms with E-state index in [0.29, 0.717) is 11.1 Å². The molecule has 0 saturated carbocycles. The fourth-order valence-electron chi connectivity index (χ4n) is 1.43. The average molecular weight is 273 g/mol. The highest BCUT2D eigenvalue weighted by Crippen LogP contribution is 2.30. The lowest BCUT2D eigenvalue weighted by molar-refractivity contribution is 0.0698. The van der Waals surface area contributed by atoms with Gasteiger partial charge in [-0.2, -0.15) is 5.10 Å². The topological polar surface area (TPSA) is 66.0 Å². The van der Waals surface area contributed by atoms with E-state index in [1.165, 1.54) is 0 Å². The Morgan fingerprint density at radius 1 is 1.67 bits per heavy atom. The molecule has 4 nitrogen and oxygen atoms in total. The molecule has 78 valence electrons. The standard InChI is InChI=1S/C9H6BrFN2O2/c1-3-6-7(10)5(11)2-4(9(14)15)8(6)13-12-3/h2H,1H3,(H,12,13)(H,14,15). The first-order valence-corrected chi connectivity index (χ1v) is 4.87. The van der Waals surface area contributed by atoms with Gasteiger partial charge in [-0.1, -0.05) is 0 Å². The molecule has 0 unspecified atom stereocenters. The number of hydrogen-bond donors (Lipinski definition) is 2. The summed E-state index contributed by atoms with van der Waals surface area (Å²) in [6.07, 6.45) is 0. The zero-order valence-electron chi connectivity index (χ0n) is 7.64. The van der Waals surface area contributed by atoms with E-state index in [2.05, 4.69) is 26.1 Å². The van der Waals surface area contributed by atoms with Crippen molar-refractivity contribution in [1.29, 1.82) is 0 Å². The molecule has 0 spiro atoms. The lowest BCUT2D eigenvalue weighted by Gasteiger charge is -2.00. The molecule has 0 amide bonds. The molecule has 0 saturated heterocycles. The van der Waals surface area contributed by atoms with Crippen molar-refractivity contribution < 1.29 is 14.3 Å². The van der Waals surface area contributed by atoms with Crippen LogP contribution in [0.25, 0.3) is 10.9 Å². The maximum absolute atomic E-state index is 13.4. The molecule has 0 bridgehead atoms. The van der Waals surface area contributed by atoms with Gasteiger partial charge in [0.05, 0.1) is 10.0 Å². The normalized spacial score (nSPS) is 10.9. The molecule has 1 aromatic heterocycles. The van der Waals surface area contributed by atoms with E-state index in [1.54, 1.807) is 6.92 Å². The van der Waals surface area contributed by atoms with Gasteiger partial charge >= 0.3 is 5.97 Å². The molecule has 2 aromatic rings. The Kier molecular flexibility index (Phi) is 2.22. The molecule has 0 aliphatic heterocycles. The number of benzene rings is 1. The first kappa shape index (κ1) is 10.1. The third-order valence-corrected chi connectivity index (χ3v) is 2.91. The number of carbonyl (C=O) groups is 1. The van der Waals surface area contributed by atoms with Crippen LogP contribution in [0.15, 0.2) is 10.5 Å². The summed E-state index contributed by atoms with van der Waals surface area (Å²) in [5.41, 5.74) is 0.738. The number of nitrogens with zero attached hydrogens (tertiary/aromatic N) is 1. The number of aromatic amines is 1. The summed E-state index contributed by atoms with van der Waals surface area (Å²) in [4.78, 5) is 10.9. The Morgan fingerprint density at radius 2 is 2.33 bits per heavy atom. The molecule has 0 fully saturated rings. The number of carboxylic acids is 1. The maximum Gasteiger partial charge on any atom is 0.338 e. The number of halogens is 2. The van der Waals surface area contributed by atoms with Crippen LogP contribution in [0, 0.1) is 12.7 Å². The van der Waals surface area contributed by atoms with Gasteiger partial charge in [0, 0.05) is 11.1 Å². The van der Waals surface area contributed by atoms with Crippen molar-refractivity contribution in [2.75, 3.05) is 0 Å². The Labute approximate surface area is 92.2 Å². The van der Waals surface area contributed by atoms with Crippen LogP contribution in [0.1, 0.15) is 16.1 Å². The second kappa shape index (κ2) is 3.30. The van der Waals surface area contributed by atoms with Crippen LogP contribution < -0.4 is 0 Å². The number of rotatable bonds is 1. The number of aryl methyl sites for hydroxylation is 1. The van der Waals surface area contributed by atoms with Gasteiger partial charge in [0.15, 0.2) is 0 Å². The number of aromatic nitrogens is 2. The van der Waals surface area contributed by atoms with Crippen LogP contribution in [0.3, 0.4) is 0 Å². The van der Waals surface area contributed by atoms with Crippen molar-refractivity contribution >= 4 is 32.8 Å². The number of nitrogens with one attached hydrogen (secondary N) is 1. The molecule has 1 aromatic carbocycles. The van der Waals surface area contributed by atoms with E-state index < -0.39 is 11.8 Å². The van der Waals surface area contributed by atoms with Crippen LogP contribution in [0.5, 0.6) is 0 Å². The van der Waals surface area contributed by atoms with Crippen molar-refractivity contribution in [2.24, 2.45) is 0 Å². The van der Waals surface area contributed by atoms with Crippen LogP contribution in [0.4, 0.5) is 4.39 Å². The predicted octanol–water partition coefficient (Wildman–Crippen LogP) is 2.47. The van der Waals surface area contributed by atoms with Gasteiger partial charge in [0.1, 0.15) is 11.3 Å². The largest absolute Gasteiger partial charge is 0.478 e. The van der Waals surface area contributed by atoms with Gasteiger partial charge in [-0.05, 0) is 28.9 Å². The van der Waals surface area contributed by atoms with E-state index >= 15 is 0 Å². The lowest BCUT2D eigenvalue weighted by atomic mass is 10.1. The third kappa shape index (κ3) is 1.41. The van der Waals surface area contributed by atoms with Crippen molar-refractivity contribution in [2.45, 2.75) is 6.92 Å². The zero-order valence-corrected chi connectivity index (χ0v) is 9.22. The molecule has 0 aliphatic carbocycles. The van der Waals surface area contributed by atoms with E-state index in [-0.39, 0.29) is 15.6 Å². The summed E-state index contributed by atoms with van der Waals surface area (Å²) in [6.45, 7) is 1.70. The highest BCUT2D eigenvalue weighted by molar-refractivity contribution is 9.10. The second-order valence-electron chi connectivity index (χ2n) is 3.10. The molecule has 0 radical (unpaired) electrons. The molecule has 0 aliphatic rings. The Bertz CT molecular complexity index is 565. The van der Waals surface area contributed by atoms with Crippen LogP contribution >= 0.6 is 15.9 Å². The fourth-order valence-corrected chi connectivity index (χ4v) is 2.03. The first-order valence-electron chi connectivity index (χ1n) is 4.08. The van der Waals surface area contributed by atoms with Gasteiger partial charge in [-0.25, -0.2) is 9.18 Å². The molecule has 15 heavy (non-hydrogen) atoms. The van der Waals surface area contributed by atoms with Gasteiger partial charge < -0.3 is 5.11 Å². The Balaban J connectivity index is 2.96. The lowest BCUT2D eigenvalue weighted by Crippen LogP contribution is -1.99. The van der Waals surface area contributed by atoms with Crippen LogP contribution in [0.2, 0.25) is 0 Å². The second-order valence-corrected chi connectivity index (χ2v) is 3.89. The average Bonchev–Trinajstić information content (AvgIpc) is 2.54. The minimum Gasteiger partial charge on any atom is -0.478 e. The quantitative estimate of drug-likeness (QED) is 0.838. The summed E-state index contributed by atoms with van der Waals surface area (Å²) in [7, 11) is 0. The fraction of sp³-hybridized carbons (Fsp3) is 0.111. The van der Waals surface area contributed by atoms with Crippen molar-refractivity contribution in [3.8, 4) is 0 Å². The highest BCUT2D eigenvalue weighted by atomic mass is 79.9. The first-order chi connectivity index (χ1) is 7.02. The van der Waals surface area contributed by atoms with Crippen LogP contribution in [-0.2, 0) is 0 Å². The monoisotopic (exact) mass is 272 g/mol. The minimum atomic E-state index is -1.20. The van der Waals surface area contributed by atoms with E-state index in [0.717, 1.165) is 6.07 Å². The summed E-state index contributed by atoms with van der Waals surface area (Å²) in [6, 6.07) is 0.953. The minimum absolute atomic E-state index is 0.143. The molecule has 2 N–H and O–H groups in total. The zero-order chi connectivity index (χ0) is 11.2. The Hall–Kier alpha value is -1.43. The summed E-state index contributed by atoms with van der Waals surface area (Å²) in [5.74, 6) is -1.80. The highest BCUT2D eigenvalue weighted by Gasteiger charge is 2.18. The number of aromatic carboxylic acids is 1. The molecule has 2 rings (SSSR count). The van der Waals surface area contributed by atoms with Gasteiger partial charge in [0.25, 0.3) is 0 Å².